The van der Waals surface area contributed by atoms with Gasteiger partial charge < -0.3 is 10.1 Å². The quantitative estimate of drug-likeness (QED) is 0.733. The van der Waals surface area contributed by atoms with Gasteiger partial charge >= 0.3 is 0 Å². The van der Waals surface area contributed by atoms with Crippen LogP contribution in [-0.2, 0) is 11.2 Å². The van der Waals surface area contributed by atoms with Gasteiger partial charge in [0.2, 0.25) is 0 Å². The molecule has 1 atom stereocenters. The SMILES string of the molecule is CCCOCCC(Cc1cc(Cl)ccc1F)NC. The minimum absolute atomic E-state index is 0.200. The Morgan fingerprint density at radius 2 is 2.17 bits per heavy atom. The molecule has 1 aromatic carbocycles. The summed E-state index contributed by atoms with van der Waals surface area (Å²) in [5.41, 5.74) is 0.650. The minimum Gasteiger partial charge on any atom is -0.381 e. The van der Waals surface area contributed by atoms with Gasteiger partial charge in [-0.15, -0.1) is 0 Å². The van der Waals surface area contributed by atoms with Gasteiger partial charge in [-0.2, -0.15) is 0 Å². The molecule has 18 heavy (non-hydrogen) atoms. The first-order chi connectivity index (χ1) is 8.67. The number of hydrogen-bond donors (Lipinski definition) is 1. The van der Waals surface area contributed by atoms with Crippen molar-refractivity contribution in [1.82, 2.24) is 5.32 Å². The molecular weight excluding hydrogens is 253 g/mol. The topological polar surface area (TPSA) is 21.3 Å². The Kier molecular flexibility index (Phi) is 7.25. The van der Waals surface area contributed by atoms with E-state index < -0.39 is 0 Å². The summed E-state index contributed by atoms with van der Waals surface area (Å²) in [5, 5.41) is 3.76. The van der Waals surface area contributed by atoms with Crippen LogP contribution in [0.2, 0.25) is 5.02 Å². The maximum atomic E-state index is 13.6. The van der Waals surface area contributed by atoms with Crippen LogP contribution in [0.15, 0.2) is 18.2 Å². The first kappa shape index (κ1) is 15.4. The number of rotatable bonds is 8. The zero-order valence-corrected chi connectivity index (χ0v) is 11.8. The Morgan fingerprint density at radius 1 is 1.39 bits per heavy atom. The largest absolute Gasteiger partial charge is 0.381 e. The predicted octanol–water partition coefficient (Wildman–Crippen LogP) is 3.43. The van der Waals surface area contributed by atoms with E-state index in [4.69, 9.17) is 16.3 Å². The smallest absolute Gasteiger partial charge is 0.126 e. The minimum atomic E-state index is -0.200. The summed E-state index contributed by atoms with van der Waals surface area (Å²) < 4.78 is 19.0. The highest BCUT2D eigenvalue weighted by Crippen LogP contribution is 2.17. The number of benzene rings is 1. The fourth-order valence-electron chi connectivity index (χ4n) is 1.79. The lowest BCUT2D eigenvalue weighted by molar-refractivity contribution is 0.125. The molecule has 0 bridgehead atoms. The summed E-state index contributed by atoms with van der Waals surface area (Å²) in [4.78, 5) is 0. The Labute approximate surface area is 113 Å². The third kappa shape index (κ3) is 5.34. The van der Waals surface area contributed by atoms with Crippen LogP contribution in [0.4, 0.5) is 4.39 Å². The van der Waals surface area contributed by atoms with E-state index >= 15 is 0 Å². The maximum Gasteiger partial charge on any atom is 0.126 e. The van der Waals surface area contributed by atoms with E-state index in [2.05, 4.69) is 12.2 Å². The highest BCUT2D eigenvalue weighted by atomic mass is 35.5. The summed E-state index contributed by atoms with van der Waals surface area (Å²) in [5.74, 6) is -0.200. The molecule has 1 aromatic rings. The molecule has 0 saturated carbocycles. The average Bonchev–Trinajstić information content (AvgIpc) is 2.37. The van der Waals surface area contributed by atoms with Crippen LogP contribution < -0.4 is 5.32 Å². The molecule has 0 aliphatic heterocycles. The van der Waals surface area contributed by atoms with Crippen LogP contribution in [0.1, 0.15) is 25.3 Å². The molecular formula is C14H21ClFNO. The number of nitrogens with one attached hydrogen (secondary N) is 1. The van der Waals surface area contributed by atoms with Crippen molar-refractivity contribution >= 4 is 11.6 Å². The van der Waals surface area contributed by atoms with Gasteiger partial charge in [-0.3, -0.25) is 0 Å². The monoisotopic (exact) mass is 273 g/mol. The molecule has 0 saturated heterocycles. The maximum absolute atomic E-state index is 13.6. The number of halogens is 2. The Bertz CT molecular complexity index is 360. The first-order valence-electron chi connectivity index (χ1n) is 6.36. The predicted molar refractivity (Wildman–Crippen MR) is 73.7 cm³/mol. The molecule has 1 rings (SSSR count). The van der Waals surface area contributed by atoms with Gasteiger partial charge in [-0.1, -0.05) is 18.5 Å². The van der Waals surface area contributed by atoms with Gasteiger partial charge in [-0.05, 0) is 50.1 Å². The molecule has 0 spiro atoms. The molecule has 0 aliphatic carbocycles. The molecule has 0 fully saturated rings. The van der Waals surface area contributed by atoms with Crippen molar-refractivity contribution in [2.75, 3.05) is 20.3 Å². The normalized spacial score (nSPS) is 12.7. The Balaban J connectivity index is 2.48. The van der Waals surface area contributed by atoms with Crippen molar-refractivity contribution in [2.45, 2.75) is 32.2 Å². The highest BCUT2D eigenvalue weighted by Gasteiger charge is 2.11. The van der Waals surface area contributed by atoms with Crippen LogP contribution in [0.25, 0.3) is 0 Å². The van der Waals surface area contributed by atoms with Crippen molar-refractivity contribution < 1.29 is 9.13 Å². The third-order valence-corrected chi connectivity index (χ3v) is 3.08. The van der Waals surface area contributed by atoms with Gasteiger partial charge in [0.1, 0.15) is 5.82 Å². The van der Waals surface area contributed by atoms with Gasteiger partial charge in [-0.25, -0.2) is 4.39 Å². The molecule has 1 unspecified atom stereocenters. The number of likely N-dealkylation sites (N-methyl/N-ethyl adjacent to an activating group) is 1. The second-order valence-corrected chi connectivity index (χ2v) is 4.76. The fraction of sp³-hybridized carbons (Fsp3) is 0.571. The number of hydrogen-bond acceptors (Lipinski definition) is 2. The van der Waals surface area contributed by atoms with Gasteiger partial charge in [0.25, 0.3) is 0 Å². The van der Waals surface area contributed by atoms with Gasteiger partial charge in [0.05, 0.1) is 0 Å². The molecule has 0 amide bonds. The number of ether oxygens (including phenoxy) is 1. The van der Waals surface area contributed by atoms with Crippen LogP contribution in [0.5, 0.6) is 0 Å². The van der Waals surface area contributed by atoms with Crippen molar-refractivity contribution in [3.05, 3.63) is 34.6 Å². The first-order valence-corrected chi connectivity index (χ1v) is 6.74. The molecule has 0 heterocycles. The molecule has 0 aliphatic rings. The lowest BCUT2D eigenvalue weighted by Crippen LogP contribution is -2.29. The Hall–Kier alpha value is -0.640. The van der Waals surface area contributed by atoms with E-state index in [0.717, 1.165) is 19.4 Å². The summed E-state index contributed by atoms with van der Waals surface area (Å²) in [6, 6.07) is 4.88. The lowest BCUT2D eigenvalue weighted by Gasteiger charge is -2.16. The van der Waals surface area contributed by atoms with E-state index in [1.54, 1.807) is 12.1 Å². The fourth-order valence-corrected chi connectivity index (χ4v) is 1.98. The van der Waals surface area contributed by atoms with Crippen LogP contribution in [0.3, 0.4) is 0 Å². The zero-order valence-electron chi connectivity index (χ0n) is 11.0. The van der Waals surface area contributed by atoms with E-state index in [1.807, 2.05) is 7.05 Å². The molecule has 102 valence electrons. The van der Waals surface area contributed by atoms with Crippen molar-refractivity contribution in [3.63, 3.8) is 0 Å². The van der Waals surface area contributed by atoms with E-state index in [1.165, 1.54) is 6.07 Å². The second kappa shape index (κ2) is 8.46. The van der Waals surface area contributed by atoms with Crippen LogP contribution in [0, 0.1) is 5.82 Å². The van der Waals surface area contributed by atoms with Crippen molar-refractivity contribution in [1.29, 1.82) is 0 Å². The van der Waals surface area contributed by atoms with Gasteiger partial charge in [0.15, 0.2) is 0 Å². The highest BCUT2D eigenvalue weighted by molar-refractivity contribution is 6.30. The second-order valence-electron chi connectivity index (χ2n) is 4.33. The van der Waals surface area contributed by atoms with Crippen molar-refractivity contribution in [2.24, 2.45) is 0 Å². The molecule has 1 N–H and O–H groups in total. The van der Waals surface area contributed by atoms with E-state index in [9.17, 15) is 4.39 Å². The molecule has 2 nitrogen and oxygen atoms in total. The molecule has 4 heteroatoms. The van der Waals surface area contributed by atoms with Gasteiger partial charge in [0, 0.05) is 24.3 Å². The summed E-state index contributed by atoms with van der Waals surface area (Å²) >= 11 is 5.88. The standard InChI is InChI=1S/C14H21ClFNO/c1-3-7-18-8-6-13(17-2)10-11-9-12(15)4-5-14(11)16/h4-5,9,13,17H,3,6-8,10H2,1-2H3. The third-order valence-electron chi connectivity index (χ3n) is 2.84. The summed E-state index contributed by atoms with van der Waals surface area (Å²) in [7, 11) is 1.88. The summed E-state index contributed by atoms with van der Waals surface area (Å²) in [6.45, 7) is 3.56. The van der Waals surface area contributed by atoms with Crippen LogP contribution >= 0.6 is 11.6 Å². The van der Waals surface area contributed by atoms with Crippen molar-refractivity contribution in [3.8, 4) is 0 Å². The molecule has 0 radical (unpaired) electrons. The van der Waals surface area contributed by atoms with E-state index in [0.29, 0.717) is 23.6 Å². The lowest BCUT2D eigenvalue weighted by atomic mass is 10.0. The molecule has 0 aromatic heterocycles. The zero-order chi connectivity index (χ0) is 13.4. The Morgan fingerprint density at radius 3 is 2.83 bits per heavy atom. The van der Waals surface area contributed by atoms with E-state index in [-0.39, 0.29) is 11.9 Å². The average molecular weight is 274 g/mol. The van der Waals surface area contributed by atoms with Crippen LogP contribution in [-0.4, -0.2) is 26.3 Å². The summed E-state index contributed by atoms with van der Waals surface area (Å²) in [6.07, 6.45) is 2.51.